The van der Waals surface area contributed by atoms with Crippen LogP contribution < -0.4 is 4.74 Å². The molecule has 0 saturated heterocycles. The zero-order valence-corrected chi connectivity index (χ0v) is 9.14. The molecule has 1 N–H and O–H groups in total. The number of hydrogen-bond donors (Lipinski definition) is 1. The first-order chi connectivity index (χ1) is 7.65. The molecular weight excluding hydrogens is 204 g/mol. The molecule has 0 saturated carbocycles. The second-order valence-electron chi connectivity index (χ2n) is 3.48. The van der Waals surface area contributed by atoms with Crippen LogP contribution in [0.3, 0.4) is 0 Å². The van der Waals surface area contributed by atoms with Gasteiger partial charge in [0.1, 0.15) is 11.5 Å². The molecule has 1 aromatic heterocycles. The smallest absolute Gasteiger partial charge is 0.238 e. The van der Waals surface area contributed by atoms with E-state index in [1.54, 1.807) is 30.5 Å². The van der Waals surface area contributed by atoms with Crippen LogP contribution in [0.15, 0.2) is 30.5 Å². The number of hydrogen-bond acceptors (Lipinski definition) is 4. The van der Waals surface area contributed by atoms with E-state index in [4.69, 9.17) is 9.84 Å². The number of aromatic nitrogens is 2. The van der Waals surface area contributed by atoms with E-state index in [9.17, 15) is 0 Å². The van der Waals surface area contributed by atoms with Crippen molar-refractivity contribution in [2.75, 3.05) is 0 Å². The van der Waals surface area contributed by atoms with Crippen LogP contribution in [0.2, 0.25) is 0 Å². The van der Waals surface area contributed by atoms with Gasteiger partial charge < -0.3 is 9.84 Å². The topological polar surface area (TPSA) is 55.2 Å². The Morgan fingerprint density at radius 3 is 2.38 bits per heavy atom. The number of aromatic hydroxyl groups is 1. The molecule has 1 heterocycles. The summed E-state index contributed by atoms with van der Waals surface area (Å²) >= 11 is 0. The molecule has 2 rings (SSSR count). The van der Waals surface area contributed by atoms with Crippen molar-refractivity contribution in [2.45, 2.75) is 13.8 Å². The van der Waals surface area contributed by atoms with Gasteiger partial charge in [0.2, 0.25) is 5.88 Å². The molecule has 0 bridgehead atoms. The van der Waals surface area contributed by atoms with Gasteiger partial charge >= 0.3 is 0 Å². The summed E-state index contributed by atoms with van der Waals surface area (Å²) in [6.45, 7) is 3.78. The van der Waals surface area contributed by atoms with Gasteiger partial charge in [-0.1, -0.05) is 0 Å². The van der Waals surface area contributed by atoms with Crippen molar-refractivity contribution < 1.29 is 9.84 Å². The standard InChI is InChI=1S/C12H12N2O2/c1-8-9(2)14-12(7-13-8)16-11-5-3-10(15)4-6-11/h3-7,15H,1-2H3. The van der Waals surface area contributed by atoms with Crippen molar-refractivity contribution in [3.05, 3.63) is 41.9 Å². The fourth-order valence-electron chi connectivity index (χ4n) is 1.20. The molecule has 0 unspecified atom stereocenters. The van der Waals surface area contributed by atoms with Crippen LogP contribution in [0.1, 0.15) is 11.4 Å². The average Bonchev–Trinajstić information content (AvgIpc) is 2.27. The van der Waals surface area contributed by atoms with Gasteiger partial charge in [-0.15, -0.1) is 0 Å². The van der Waals surface area contributed by atoms with Crippen LogP contribution in [0.5, 0.6) is 17.4 Å². The normalized spacial score (nSPS) is 10.1. The Morgan fingerprint density at radius 2 is 1.75 bits per heavy atom. The second kappa shape index (κ2) is 4.18. The van der Waals surface area contributed by atoms with E-state index in [0.29, 0.717) is 11.6 Å². The zero-order chi connectivity index (χ0) is 11.5. The summed E-state index contributed by atoms with van der Waals surface area (Å²) in [6, 6.07) is 6.46. The predicted octanol–water partition coefficient (Wildman–Crippen LogP) is 2.59. The van der Waals surface area contributed by atoms with Crippen molar-refractivity contribution in [3.63, 3.8) is 0 Å². The second-order valence-corrected chi connectivity index (χ2v) is 3.48. The monoisotopic (exact) mass is 216 g/mol. The number of aryl methyl sites for hydroxylation is 2. The number of ether oxygens (including phenoxy) is 1. The highest BCUT2D eigenvalue weighted by Gasteiger charge is 2.01. The number of nitrogens with zero attached hydrogens (tertiary/aromatic N) is 2. The van der Waals surface area contributed by atoms with Gasteiger partial charge in [-0.05, 0) is 38.1 Å². The summed E-state index contributed by atoms with van der Waals surface area (Å²) < 4.78 is 5.48. The lowest BCUT2D eigenvalue weighted by atomic mass is 10.3. The Bertz CT molecular complexity index is 495. The predicted molar refractivity (Wildman–Crippen MR) is 59.7 cm³/mol. The number of rotatable bonds is 2. The maximum atomic E-state index is 9.12. The highest BCUT2D eigenvalue weighted by Crippen LogP contribution is 2.21. The SMILES string of the molecule is Cc1ncc(Oc2ccc(O)cc2)nc1C. The fourth-order valence-corrected chi connectivity index (χ4v) is 1.20. The van der Waals surface area contributed by atoms with Gasteiger partial charge in [0, 0.05) is 0 Å². The van der Waals surface area contributed by atoms with Crippen LogP contribution in [-0.4, -0.2) is 15.1 Å². The summed E-state index contributed by atoms with van der Waals surface area (Å²) in [7, 11) is 0. The largest absolute Gasteiger partial charge is 0.508 e. The molecule has 16 heavy (non-hydrogen) atoms. The quantitative estimate of drug-likeness (QED) is 0.838. The third-order valence-corrected chi connectivity index (χ3v) is 2.23. The highest BCUT2D eigenvalue weighted by molar-refractivity contribution is 5.32. The Balaban J connectivity index is 2.20. The number of benzene rings is 1. The van der Waals surface area contributed by atoms with Gasteiger partial charge in [-0.2, -0.15) is 0 Å². The minimum absolute atomic E-state index is 0.207. The third-order valence-electron chi connectivity index (χ3n) is 2.23. The number of phenols is 1. The van der Waals surface area contributed by atoms with E-state index in [-0.39, 0.29) is 5.75 Å². The Morgan fingerprint density at radius 1 is 1.06 bits per heavy atom. The third kappa shape index (κ3) is 2.28. The van der Waals surface area contributed by atoms with E-state index in [0.717, 1.165) is 11.4 Å². The molecule has 0 radical (unpaired) electrons. The molecule has 0 fully saturated rings. The lowest BCUT2D eigenvalue weighted by Gasteiger charge is -2.05. The van der Waals surface area contributed by atoms with E-state index < -0.39 is 0 Å². The first kappa shape index (κ1) is 10.4. The highest BCUT2D eigenvalue weighted by atomic mass is 16.5. The molecular formula is C12H12N2O2. The van der Waals surface area contributed by atoms with Gasteiger partial charge in [0.15, 0.2) is 0 Å². The van der Waals surface area contributed by atoms with E-state index in [1.807, 2.05) is 13.8 Å². The van der Waals surface area contributed by atoms with Crippen LogP contribution in [0.4, 0.5) is 0 Å². The maximum absolute atomic E-state index is 9.12. The van der Waals surface area contributed by atoms with Crippen molar-refractivity contribution in [2.24, 2.45) is 0 Å². The average molecular weight is 216 g/mol. The molecule has 4 heteroatoms. The minimum Gasteiger partial charge on any atom is -0.508 e. The molecule has 0 amide bonds. The zero-order valence-electron chi connectivity index (χ0n) is 9.14. The van der Waals surface area contributed by atoms with E-state index >= 15 is 0 Å². The van der Waals surface area contributed by atoms with Crippen LogP contribution in [0.25, 0.3) is 0 Å². The van der Waals surface area contributed by atoms with Crippen molar-refractivity contribution >= 4 is 0 Å². The molecule has 0 spiro atoms. The van der Waals surface area contributed by atoms with Crippen LogP contribution in [-0.2, 0) is 0 Å². The van der Waals surface area contributed by atoms with Gasteiger partial charge in [0.25, 0.3) is 0 Å². The van der Waals surface area contributed by atoms with Gasteiger partial charge in [-0.25, -0.2) is 4.98 Å². The Kier molecular flexibility index (Phi) is 2.72. The summed E-state index contributed by atoms with van der Waals surface area (Å²) in [5.41, 5.74) is 1.73. The van der Waals surface area contributed by atoms with E-state index in [1.165, 1.54) is 0 Å². The van der Waals surface area contributed by atoms with Gasteiger partial charge in [0.05, 0.1) is 17.6 Å². The first-order valence-electron chi connectivity index (χ1n) is 4.92. The van der Waals surface area contributed by atoms with Crippen LogP contribution in [0, 0.1) is 13.8 Å². The van der Waals surface area contributed by atoms with E-state index in [2.05, 4.69) is 9.97 Å². The summed E-state index contributed by atoms with van der Waals surface area (Å²) in [5.74, 6) is 1.28. The Hall–Kier alpha value is -2.10. The summed E-state index contributed by atoms with van der Waals surface area (Å²) in [6.07, 6.45) is 1.58. The van der Waals surface area contributed by atoms with Crippen molar-refractivity contribution in [1.82, 2.24) is 9.97 Å². The van der Waals surface area contributed by atoms with Crippen LogP contribution >= 0.6 is 0 Å². The Labute approximate surface area is 93.6 Å². The van der Waals surface area contributed by atoms with Gasteiger partial charge in [-0.3, -0.25) is 4.98 Å². The fraction of sp³-hybridized carbons (Fsp3) is 0.167. The maximum Gasteiger partial charge on any atom is 0.238 e. The summed E-state index contributed by atoms with van der Waals surface area (Å²) in [4.78, 5) is 8.40. The molecule has 0 aliphatic carbocycles. The molecule has 2 aromatic rings. The molecule has 0 atom stereocenters. The first-order valence-corrected chi connectivity index (χ1v) is 4.92. The molecule has 82 valence electrons. The molecule has 0 aliphatic heterocycles. The molecule has 1 aromatic carbocycles. The van der Waals surface area contributed by atoms with Crippen molar-refractivity contribution in [3.8, 4) is 17.4 Å². The molecule has 4 nitrogen and oxygen atoms in total. The number of phenolic OH excluding ortho intramolecular Hbond substituents is 1. The minimum atomic E-state index is 0.207. The van der Waals surface area contributed by atoms with Crippen molar-refractivity contribution in [1.29, 1.82) is 0 Å². The lowest BCUT2D eigenvalue weighted by Crippen LogP contribution is -1.94. The molecule has 0 aliphatic rings. The lowest BCUT2D eigenvalue weighted by molar-refractivity contribution is 0.450. The summed E-state index contributed by atoms with van der Waals surface area (Å²) in [5, 5.41) is 9.12.